The van der Waals surface area contributed by atoms with Gasteiger partial charge in [0.15, 0.2) is 0 Å². The molecule has 2 atom stereocenters. The summed E-state index contributed by atoms with van der Waals surface area (Å²) in [5.74, 6) is -0.889. The number of carboxylic acid groups (broad SMARTS) is 1. The maximum absolute atomic E-state index is 12.8. The normalized spacial score (nSPS) is 12.8. The van der Waals surface area contributed by atoms with E-state index in [1.54, 1.807) is 4.90 Å². The number of aliphatic hydroxyl groups is 1. The molecule has 0 fully saturated rings. The van der Waals surface area contributed by atoms with E-state index >= 15 is 0 Å². The van der Waals surface area contributed by atoms with Gasteiger partial charge in [-0.05, 0) is 37.8 Å². The number of hydrogen-bond acceptors (Lipinski definition) is 3. The number of nitrogens with one attached hydrogen (secondary N) is 1. The lowest BCUT2D eigenvalue weighted by molar-refractivity contribution is -0.137. The van der Waals surface area contributed by atoms with Crippen molar-refractivity contribution in [2.75, 3.05) is 13.1 Å². The largest absolute Gasteiger partial charge is 0.481 e. The summed E-state index contributed by atoms with van der Waals surface area (Å²) in [4.78, 5) is 25.3. The van der Waals surface area contributed by atoms with Crippen LogP contribution in [0.2, 0.25) is 0 Å². The maximum Gasteiger partial charge on any atom is 0.317 e. The highest BCUT2D eigenvalue weighted by Crippen LogP contribution is 2.16. The number of carbonyl (C=O) groups is 2. The molecule has 2 aromatic rings. The van der Waals surface area contributed by atoms with Crippen molar-refractivity contribution in [2.45, 2.75) is 45.3 Å². The van der Waals surface area contributed by atoms with Crippen molar-refractivity contribution in [1.82, 2.24) is 10.2 Å². The van der Waals surface area contributed by atoms with Gasteiger partial charge in [-0.3, -0.25) is 4.79 Å². The second-order valence-corrected chi connectivity index (χ2v) is 7.23. The Kier molecular flexibility index (Phi) is 8.68. The highest BCUT2D eigenvalue weighted by Gasteiger charge is 2.21. The third-order valence-corrected chi connectivity index (χ3v) is 4.88. The predicted molar refractivity (Wildman–Crippen MR) is 113 cm³/mol. The van der Waals surface area contributed by atoms with E-state index in [0.717, 1.165) is 16.7 Å². The standard InChI is InChI=1S/C23H30N2O4/c1-3-25(16-21(26)19-11-9-17(2)10-12-19)23(29)24-20(13-14-22(27)28)15-18-7-5-4-6-8-18/h4-12,20-21,26H,3,13-16H2,1-2H3,(H,24,29)(H,27,28). The first-order valence-corrected chi connectivity index (χ1v) is 9.94. The molecule has 156 valence electrons. The molecule has 6 heteroatoms. The third-order valence-electron chi connectivity index (χ3n) is 4.88. The molecule has 0 aliphatic rings. The van der Waals surface area contributed by atoms with Gasteiger partial charge in [0.1, 0.15) is 0 Å². The van der Waals surface area contributed by atoms with Gasteiger partial charge in [-0.15, -0.1) is 0 Å². The molecule has 0 heterocycles. The van der Waals surface area contributed by atoms with Crippen LogP contribution in [-0.4, -0.2) is 46.2 Å². The summed E-state index contributed by atoms with van der Waals surface area (Å²) in [7, 11) is 0. The van der Waals surface area contributed by atoms with E-state index < -0.39 is 12.1 Å². The molecule has 2 amide bonds. The van der Waals surface area contributed by atoms with E-state index in [1.807, 2.05) is 68.4 Å². The Morgan fingerprint density at radius 3 is 2.31 bits per heavy atom. The molecular weight excluding hydrogens is 368 g/mol. The molecule has 0 saturated heterocycles. The Bertz CT molecular complexity index is 777. The van der Waals surface area contributed by atoms with Gasteiger partial charge < -0.3 is 20.4 Å². The van der Waals surface area contributed by atoms with Gasteiger partial charge >= 0.3 is 12.0 Å². The van der Waals surface area contributed by atoms with Crippen LogP contribution in [0.15, 0.2) is 54.6 Å². The molecule has 0 spiro atoms. The van der Waals surface area contributed by atoms with Crippen molar-refractivity contribution < 1.29 is 19.8 Å². The van der Waals surface area contributed by atoms with Crippen LogP contribution in [0, 0.1) is 6.92 Å². The van der Waals surface area contributed by atoms with Crippen LogP contribution in [0.3, 0.4) is 0 Å². The van der Waals surface area contributed by atoms with Gasteiger partial charge in [0.25, 0.3) is 0 Å². The van der Waals surface area contributed by atoms with E-state index in [0.29, 0.717) is 19.4 Å². The number of carboxylic acids is 1. The second-order valence-electron chi connectivity index (χ2n) is 7.23. The lowest BCUT2D eigenvalue weighted by Gasteiger charge is -2.27. The van der Waals surface area contributed by atoms with Crippen LogP contribution in [-0.2, 0) is 11.2 Å². The molecule has 29 heavy (non-hydrogen) atoms. The highest BCUT2D eigenvalue weighted by atomic mass is 16.4. The third kappa shape index (κ3) is 7.58. The molecule has 6 nitrogen and oxygen atoms in total. The number of amides is 2. The molecule has 0 aliphatic carbocycles. The zero-order valence-corrected chi connectivity index (χ0v) is 17.0. The van der Waals surface area contributed by atoms with Crippen LogP contribution in [0.25, 0.3) is 0 Å². The zero-order valence-electron chi connectivity index (χ0n) is 17.0. The Balaban J connectivity index is 2.01. The van der Waals surface area contributed by atoms with E-state index in [-0.39, 0.29) is 25.0 Å². The summed E-state index contributed by atoms with van der Waals surface area (Å²) in [6, 6.07) is 16.6. The predicted octanol–water partition coefficient (Wildman–Crippen LogP) is 3.54. The molecular formula is C23H30N2O4. The van der Waals surface area contributed by atoms with Crippen LogP contribution < -0.4 is 5.32 Å². The fourth-order valence-corrected chi connectivity index (χ4v) is 3.15. The first-order valence-electron chi connectivity index (χ1n) is 9.94. The van der Waals surface area contributed by atoms with Crippen molar-refractivity contribution in [2.24, 2.45) is 0 Å². The quantitative estimate of drug-likeness (QED) is 0.571. The fourth-order valence-electron chi connectivity index (χ4n) is 3.15. The monoisotopic (exact) mass is 398 g/mol. The van der Waals surface area contributed by atoms with Crippen LogP contribution in [0.5, 0.6) is 0 Å². The molecule has 0 radical (unpaired) electrons. The lowest BCUT2D eigenvalue weighted by Crippen LogP contribution is -2.47. The number of rotatable bonds is 10. The van der Waals surface area contributed by atoms with Gasteiger partial charge in [0.2, 0.25) is 0 Å². The number of aliphatic hydroxyl groups excluding tert-OH is 1. The number of carbonyl (C=O) groups excluding carboxylic acids is 1. The van der Waals surface area contributed by atoms with Crippen LogP contribution in [0.4, 0.5) is 4.79 Å². The SMILES string of the molecule is CCN(CC(O)c1ccc(C)cc1)C(=O)NC(CCC(=O)O)Cc1ccccc1. The molecule has 2 aromatic carbocycles. The maximum atomic E-state index is 12.8. The number of likely N-dealkylation sites (N-methyl/N-ethyl adjacent to an activating group) is 1. The summed E-state index contributed by atoms with van der Waals surface area (Å²) in [5.41, 5.74) is 2.90. The smallest absolute Gasteiger partial charge is 0.317 e. The fraction of sp³-hybridized carbons (Fsp3) is 0.391. The van der Waals surface area contributed by atoms with Gasteiger partial charge in [0.05, 0.1) is 12.6 Å². The minimum atomic E-state index is -0.889. The van der Waals surface area contributed by atoms with Crippen molar-refractivity contribution in [3.8, 4) is 0 Å². The minimum absolute atomic E-state index is 0.0180. The van der Waals surface area contributed by atoms with Crippen molar-refractivity contribution in [3.05, 3.63) is 71.3 Å². The van der Waals surface area contributed by atoms with Crippen molar-refractivity contribution in [3.63, 3.8) is 0 Å². The average molecular weight is 399 g/mol. The summed E-state index contributed by atoms with van der Waals surface area (Å²) < 4.78 is 0. The topological polar surface area (TPSA) is 89.9 Å². The highest BCUT2D eigenvalue weighted by molar-refractivity contribution is 5.74. The van der Waals surface area contributed by atoms with Gasteiger partial charge in [0, 0.05) is 19.0 Å². The number of benzene rings is 2. The second kappa shape index (κ2) is 11.2. The first kappa shape index (κ1) is 22.4. The van der Waals surface area contributed by atoms with E-state index in [2.05, 4.69) is 5.32 Å². The minimum Gasteiger partial charge on any atom is -0.481 e. The summed E-state index contributed by atoms with van der Waals surface area (Å²) >= 11 is 0. The first-order chi connectivity index (χ1) is 13.9. The van der Waals surface area contributed by atoms with E-state index in [4.69, 9.17) is 5.11 Å². The Morgan fingerprint density at radius 2 is 1.72 bits per heavy atom. The van der Waals surface area contributed by atoms with Crippen molar-refractivity contribution in [1.29, 1.82) is 0 Å². The van der Waals surface area contributed by atoms with Crippen LogP contribution in [0.1, 0.15) is 42.6 Å². The lowest BCUT2D eigenvalue weighted by atomic mass is 10.0. The van der Waals surface area contributed by atoms with Crippen molar-refractivity contribution >= 4 is 12.0 Å². The average Bonchev–Trinajstić information content (AvgIpc) is 2.71. The number of aryl methyl sites for hydroxylation is 1. The van der Waals surface area contributed by atoms with E-state index in [9.17, 15) is 14.7 Å². The molecule has 2 unspecified atom stereocenters. The number of aliphatic carboxylic acids is 1. The molecule has 2 rings (SSSR count). The number of nitrogens with zero attached hydrogens (tertiary/aromatic N) is 1. The molecule has 0 bridgehead atoms. The Labute approximate surface area is 172 Å². The summed E-state index contributed by atoms with van der Waals surface area (Å²) in [5, 5.41) is 22.5. The molecule has 0 aromatic heterocycles. The number of urea groups is 1. The van der Waals surface area contributed by atoms with Gasteiger partial charge in [-0.2, -0.15) is 0 Å². The molecule has 3 N–H and O–H groups in total. The number of hydrogen-bond donors (Lipinski definition) is 3. The van der Waals surface area contributed by atoms with E-state index in [1.165, 1.54) is 0 Å². The van der Waals surface area contributed by atoms with Gasteiger partial charge in [-0.1, -0.05) is 60.2 Å². The molecule has 0 aliphatic heterocycles. The molecule has 0 saturated carbocycles. The Hall–Kier alpha value is -2.86. The van der Waals surface area contributed by atoms with Gasteiger partial charge in [-0.25, -0.2) is 4.79 Å². The summed E-state index contributed by atoms with van der Waals surface area (Å²) in [6.07, 6.45) is 0.0925. The Morgan fingerprint density at radius 1 is 1.07 bits per heavy atom. The zero-order chi connectivity index (χ0) is 21.2. The van der Waals surface area contributed by atoms with Crippen LogP contribution >= 0.6 is 0 Å². The summed E-state index contributed by atoms with van der Waals surface area (Å²) in [6.45, 7) is 4.44.